The van der Waals surface area contributed by atoms with Gasteiger partial charge in [-0.15, -0.1) is 0 Å². The molecule has 0 atom stereocenters. The molecular weight excluding hydrogens is 306 g/mol. The molecule has 0 fully saturated rings. The van der Waals surface area contributed by atoms with Crippen LogP contribution < -0.4 is 0 Å². The summed E-state index contributed by atoms with van der Waals surface area (Å²) in [6.45, 7) is 2.88. The molecule has 0 aliphatic carbocycles. The molecule has 0 saturated heterocycles. The van der Waals surface area contributed by atoms with Crippen molar-refractivity contribution < 1.29 is 45.5 Å². The average Bonchev–Trinajstić information content (AvgIpc) is 2.17. The van der Waals surface area contributed by atoms with Gasteiger partial charge in [-0.1, -0.05) is 0 Å². The Morgan fingerprint density at radius 2 is 1.22 bits per heavy atom. The maximum Gasteiger partial charge on any atom is 0.396 e. The van der Waals surface area contributed by atoms with Crippen LogP contribution in [-0.2, 0) is 18.2 Å². The Hall–Kier alpha value is 0.0200. The van der Waals surface area contributed by atoms with Gasteiger partial charge in [0.05, 0.1) is 13.2 Å². The Morgan fingerprint density at radius 1 is 0.944 bits per heavy atom. The number of rotatable bonds is 6. The highest BCUT2D eigenvalue weighted by molar-refractivity contribution is 7.54. The van der Waals surface area contributed by atoms with Gasteiger partial charge in [0.1, 0.15) is 0 Å². The summed E-state index contributed by atoms with van der Waals surface area (Å²) < 4.78 is 74.3. The molecule has 0 radical (unpaired) electrons. The summed E-state index contributed by atoms with van der Waals surface area (Å²) in [4.78, 5) is 14.9. The average molecular weight is 320 g/mol. The lowest BCUT2D eigenvalue weighted by atomic mass is 10.9. The highest BCUT2D eigenvalue weighted by Crippen LogP contribution is 2.54. The van der Waals surface area contributed by atoms with Crippen molar-refractivity contribution in [2.45, 2.75) is 26.2 Å². The van der Waals surface area contributed by atoms with E-state index in [1.807, 2.05) is 0 Å². The van der Waals surface area contributed by atoms with E-state index in [2.05, 4.69) is 9.05 Å². The second-order valence-corrected chi connectivity index (χ2v) is 6.07. The zero-order valence-electron chi connectivity index (χ0n) is 9.50. The molecule has 0 aromatic rings. The molecule has 0 bridgehead atoms. The van der Waals surface area contributed by atoms with Crippen LogP contribution in [0.1, 0.15) is 13.8 Å². The fourth-order valence-electron chi connectivity index (χ4n) is 0.510. The molecule has 0 aromatic heterocycles. The van der Waals surface area contributed by atoms with E-state index in [0.717, 1.165) is 0 Å². The van der Waals surface area contributed by atoms with Gasteiger partial charge in [-0.2, -0.15) is 17.6 Å². The van der Waals surface area contributed by atoms with E-state index in [0.29, 0.717) is 0 Å². The second-order valence-electron chi connectivity index (χ2n) is 2.52. The number of halogens is 4. The van der Waals surface area contributed by atoms with Gasteiger partial charge < -0.3 is 18.8 Å². The van der Waals surface area contributed by atoms with Crippen molar-refractivity contribution in [1.82, 2.24) is 0 Å². The molecule has 6 nitrogen and oxygen atoms in total. The molecule has 0 unspecified atom stereocenters. The summed E-state index contributed by atoms with van der Waals surface area (Å²) >= 11 is 0. The minimum atomic E-state index is -5.07. The van der Waals surface area contributed by atoms with E-state index >= 15 is 0 Å². The quantitative estimate of drug-likeness (QED) is 0.577. The summed E-state index contributed by atoms with van der Waals surface area (Å²) in [5, 5.41) is 0. The first-order valence-electron chi connectivity index (χ1n) is 4.51. The van der Waals surface area contributed by atoms with Gasteiger partial charge in [0.15, 0.2) is 0 Å². The van der Waals surface area contributed by atoms with E-state index in [1.54, 1.807) is 0 Å². The fraction of sp³-hybridized carbons (Fsp3) is 1.00. The Labute approximate surface area is 101 Å². The van der Waals surface area contributed by atoms with Gasteiger partial charge in [-0.05, 0) is 13.8 Å². The predicted molar refractivity (Wildman–Crippen MR) is 54.9 cm³/mol. The molecule has 0 aliphatic heterocycles. The van der Waals surface area contributed by atoms with Gasteiger partial charge in [0.25, 0.3) is 0 Å². The number of alkyl halides is 4. The molecule has 0 rings (SSSR count). The van der Waals surface area contributed by atoms with Crippen LogP contribution in [0.25, 0.3) is 0 Å². The van der Waals surface area contributed by atoms with Crippen molar-refractivity contribution in [1.29, 1.82) is 0 Å². The first-order chi connectivity index (χ1) is 8.01. The van der Waals surface area contributed by atoms with Crippen LogP contribution in [-0.4, -0.2) is 35.3 Å². The van der Waals surface area contributed by atoms with E-state index in [1.165, 1.54) is 13.8 Å². The van der Waals surface area contributed by atoms with Crippen LogP contribution in [0.4, 0.5) is 17.6 Å². The molecule has 0 saturated carbocycles. The molecule has 0 spiro atoms. The lowest BCUT2D eigenvalue weighted by molar-refractivity contribution is 0.135. The Kier molecular flexibility index (Phi) is 10.2. The summed E-state index contributed by atoms with van der Waals surface area (Å²) in [5.74, 6) is 0. The van der Waals surface area contributed by atoms with Crippen molar-refractivity contribution in [2.75, 3.05) is 13.2 Å². The Balaban J connectivity index is 0. The highest BCUT2D eigenvalue weighted by Gasteiger charge is 2.35. The molecule has 18 heavy (non-hydrogen) atoms. The third-order valence-electron chi connectivity index (χ3n) is 1.11. The minimum absolute atomic E-state index is 0.0401. The van der Waals surface area contributed by atoms with Gasteiger partial charge in [0, 0.05) is 0 Å². The van der Waals surface area contributed by atoms with Crippen LogP contribution in [0.3, 0.4) is 0 Å². The van der Waals surface area contributed by atoms with Gasteiger partial charge in [0.2, 0.25) is 0 Å². The van der Waals surface area contributed by atoms with E-state index in [-0.39, 0.29) is 13.2 Å². The predicted octanol–water partition coefficient (Wildman–Crippen LogP) is 2.86. The fourth-order valence-corrected chi connectivity index (χ4v) is 1.53. The first kappa shape index (κ1) is 20.3. The van der Waals surface area contributed by atoms with E-state index in [4.69, 9.17) is 9.79 Å². The Morgan fingerprint density at radius 3 is 1.33 bits per heavy atom. The van der Waals surface area contributed by atoms with Gasteiger partial charge >= 0.3 is 27.5 Å². The summed E-state index contributed by atoms with van der Waals surface area (Å²) in [5.41, 5.74) is 0. The van der Waals surface area contributed by atoms with Gasteiger partial charge in [-0.3, -0.25) is 9.13 Å². The number of hydrogen-bond acceptors (Lipinski definition) is 4. The largest absolute Gasteiger partial charge is 0.396 e. The van der Waals surface area contributed by atoms with Crippen LogP contribution in [0.2, 0.25) is 0 Å². The van der Waals surface area contributed by atoms with Crippen LogP contribution in [0, 0.1) is 0 Å². The van der Waals surface area contributed by atoms with E-state index in [9.17, 15) is 26.7 Å². The topological polar surface area (TPSA) is 93.1 Å². The Bertz CT molecular complexity index is 296. The minimum Gasteiger partial charge on any atom is -0.320 e. The van der Waals surface area contributed by atoms with Crippen molar-refractivity contribution in [2.24, 2.45) is 0 Å². The SMILES string of the molecule is CCOP(=O)(OCC)C(F)F.O=P(O)(O)C(F)F. The standard InChI is InChI=1S/C5H11F2O3P.CH3F2O3P/c1-3-9-11(8,5(6)7)10-4-2;2-1(3)7(4,5)6/h5H,3-4H2,1-2H3;1H,(H2,4,5,6). The first-order valence-corrected chi connectivity index (χ1v) is 7.80. The van der Waals surface area contributed by atoms with Crippen LogP contribution >= 0.6 is 15.2 Å². The van der Waals surface area contributed by atoms with Gasteiger partial charge in [-0.25, -0.2) is 0 Å². The molecule has 0 heterocycles. The zero-order chi connectivity index (χ0) is 15.0. The van der Waals surface area contributed by atoms with Crippen LogP contribution in [0.15, 0.2) is 0 Å². The molecule has 0 aliphatic rings. The van der Waals surface area contributed by atoms with Crippen molar-refractivity contribution in [3.8, 4) is 0 Å². The summed E-state index contributed by atoms with van der Waals surface area (Å²) in [7, 11) is -9.20. The van der Waals surface area contributed by atoms with Crippen molar-refractivity contribution in [3.05, 3.63) is 0 Å². The lowest BCUT2D eigenvalue weighted by Gasteiger charge is -2.14. The smallest absolute Gasteiger partial charge is 0.320 e. The van der Waals surface area contributed by atoms with Crippen molar-refractivity contribution >= 4 is 15.2 Å². The molecular formula is C6H14F4O6P2. The highest BCUT2D eigenvalue weighted by atomic mass is 31.2. The van der Waals surface area contributed by atoms with E-state index < -0.39 is 27.5 Å². The molecule has 2 N–H and O–H groups in total. The third-order valence-corrected chi connectivity index (χ3v) is 3.33. The summed E-state index contributed by atoms with van der Waals surface area (Å²) in [6, 6.07) is 0. The summed E-state index contributed by atoms with van der Waals surface area (Å²) in [6.07, 6.45) is -6.59. The number of hydrogen-bond donors (Lipinski definition) is 2. The second kappa shape index (κ2) is 9.01. The molecule has 112 valence electrons. The zero-order valence-corrected chi connectivity index (χ0v) is 11.3. The third kappa shape index (κ3) is 9.02. The molecule has 0 aromatic carbocycles. The lowest BCUT2D eigenvalue weighted by Crippen LogP contribution is -2.03. The van der Waals surface area contributed by atoms with Crippen molar-refractivity contribution in [3.63, 3.8) is 0 Å². The monoisotopic (exact) mass is 320 g/mol. The molecule has 12 heteroatoms. The maximum atomic E-state index is 11.9. The maximum absolute atomic E-state index is 11.9. The molecule has 0 amide bonds. The normalized spacial score (nSPS) is 12.6. The van der Waals surface area contributed by atoms with Crippen LogP contribution in [0.5, 0.6) is 0 Å².